The standard InChI is InChI=1S/C16H18BrF2NO2/c1-16(2,3)22-15(21)20-6-4-10(5-7-20)14-12(18)8-11(17)9-13(14)19/h4,8-9H,5-7H2,1-3H3. The fourth-order valence-electron chi connectivity index (χ4n) is 2.24. The first-order valence-corrected chi connectivity index (χ1v) is 7.78. The van der Waals surface area contributed by atoms with E-state index in [4.69, 9.17) is 4.74 Å². The summed E-state index contributed by atoms with van der Waals surface area (Å²) in [5.74, 6) is -1.22. The summed E-state index contributed by atoms with van der Waals surface area (Å²) in [5.41, 5.74) is -0.0142. The van der Waals surface area contributed by atoms with Gasteiger partial charge < -0.3 is 9.64 Å². The summed E-state index contributed by atoms with van der Waals surface area (Å²) in [4.78, 5) is 13.5. The van der Waals surface area contributed by atoms with Crippen molar-refractivity contribution in [1.82, 2.24) is 4.90 Å². The second-order valence-electron chi connectivity index (χ2n) is 6.15. The zero-order valence-electron chi connectivity index (χ0n) is 12.8. The van der Waals surface area contributed by atoms with E-state index in [9.17, 15) is 13.6 Å². The maximum atomic E-state index is 14.0. The SMILES string of the molecule is CC(C)(C)OC(=O)N1CC=C(c2c(F)cc(Br)cc2F)CC1. The van der Waals surface area contributed by atoms with E-state index in [0.717, 1.165) is 0 Å². The molecule has 1 aromatic carbocycles. The van der Waals surface area contributed by atoms with Gasteiger partial charge in [-0.3, -0.25) is 0 Å². The summed E-state index contributed by atoms with van der Waals surface area (Å²) in [7, 11) is 0. The highest BCUT2D eigenvalue weighted by Crippen LogP contribution is 2.30. The van der Waals surface area contributed by atoms with Crippen LogP contribution < -0.4 is 0 Å². The van der Waals surface area contributed by atoms with Crippen LogP contribution in [0.2, 0.25) is 0 Å². The molecule has 1 aromatic rings. The first kappa shape index (κ1) is 16.9. The third-order valence-electron chi connectivity index (χ3n) is 3.19. The lowest BCUT2D eigenvalue weighted by Gasteiger charge is -2.29. The molecule has 0 radical (unpaired) electrons. The van der Waals surface area contributed by atoms with Crippen molar-refractivity contribution < 1.29 is 18.3 Å². The van der Waals surface area contributed by atoms with Crippen molar-refractivity contribution in [3.63, 3.8) is 0 Å². The highest BCUT2D eigenvalue weighted by molar-refractivity contribution is 9.10. The van der Waals surface area contributed by atoms with Crippen LogP contribution in [0.4, 0.5) is 13.6 Å². The van der Waals surface area contributed by atoms with Crippen molar-refractivity contribution in [2.24, 2.45) is 0 Å². The fourth-order valence-corrected chi connectivity index (χ4v) is 2.64. The molecular formula is C16H18BrF2NO2. The molecule has 0 saturated heterocycles. The Bertz CT molecular complexity index is 600. The van der Waals surface area contributed by atoms with Crippen LogP contribution in [0.3, 0.4) is 0 Å². The summed E-state index contributed by atoms with van der Waals surface area (Å²) in [6.07, 6.45) is 1.64. The summed E-state index contributed by atoms with van der Waals surface area (Å²) in [6, 6.07) is 2.47. The number of carbonyl (C=O) groups excluding carboxylic acids is 1. The molecule has 2 rings (SSSR count). The number of hydrogen-bond acceptors (Lipinski definition) is 2. The summed E-state index contributed by atoms with van der Waals surface area (Å²) < 4.78 is 33.6. The van der Waals surface area contributed by atoms with Crippen molar-refractivity contribution in [3.8, 4) is 0 Å². The lowest BCUT2D eigenvalue weighted by molar-refractivity contribution is 0.0270. The second-order valence-corrected chi connectivity index (χ2v) is 7.07. The van der Waals surface area contributed by atoms with Crippen molar-refractivity contribution in [3.05, 3.63) is 39.9 Å². The van der Waals surface area contributed by atoms with Gasteiger partial charge in [-0.1, -0.05) is 22.0 Å². The molecule has 0 aliphatic carbocycles. The van der Waals surface area contributed by atoms with Gasteiger partial charge in [-0.15, -0.1) is 0 Å². The quantitative estimate of drug-likeness (QED) is 0.710. The molecule has 6 heteroatoms. The van der Waals surface area contributed by atoms with Crippen LogP contribution in [0, 0.1) is 11.6 Å². The number of hydrogen-bond donors (Lipinski definition) is 0. The molecule has 0 bridgehead atoms. The molecule has 1 amide bonds. The highest BCUT2D eigenvalue weighted by Gasteiger charge is 2.25. The van der Waals surface area contributed by atoms with Gasteiger partial charge in [0.15, 0.2) is 0 Å². The van der Waals surface area contributed by atoms with Crippen molar-refractivity contribution in [2.75, 3.05) is 13.1 Å². The van der Waals surface area contributed by atoms with E-state index < -0.39 is 23.3 Å². The third kappa shape index (κ3) is 4.06. The predicted octanol–water partition coefficient (Wildman–Crippen LogP) is 4.75. The monoisotopic (exact) mass is 373 g/mol. The van der Waals surface area contributed by atoms with Crippen LogP contribution in [0.25, 0.3) is 5.57 Å². The minimum absolute atomic E-state index is 0.0213. The van der Waals surface area contributed by atoms with Crippen LogP contribution in [0.5, 0.6) is 0 Å². The molecule has 22 heavy (non-hydrogen) atoms. The van der Waals surface area contributed by atoms with Crippen LogP contribution in [0.1, 0.15) is 32.8 Å². The molecule has 0 atom stereocenters. The van der Waals surface area contributed by atoms with Gasteiger partial charge in [0.2, 0.25) is 0 Å². The van der Waals surface area contributed by atoms with E-state index in [-0.39, 0.29) is 12.1 Å². The van der Waals surface area contributed by atoms with E-state index in [1.165, 1.54) is 17.0 Å². The Kier molecular flexibility index (Phi) is 4.90. The van der Waals surface area contributed by atoms with Gasteiger partial charge in [0.05, 0.1) is 0 Å². The minimum Gasteiger partial charge on any atom is -0.444 e. The van der Waals surface area contributed by atoms with Gasteiger partial charge in [-0.05, 0) is 44.9 Å². The molecule has 0 saturated carbocycles. The van der Waals surface area contributed by atoms with Crippen molar-refractivity contribution >= 4 is 27.6 Å². The Morgan fingerprint density at radius 2 is 1.86 bits per heavy atom. The van der Waals surface area contributed by atoms with E-state index in [2.05, 4.69) is 15.9 Å². The molecule has 0 aromatic heterocycles. The summed E-state index contributed by atoms with van der Waals surface area (Å²) in [5, 5.41) is 0. The molecule has 120 valence electrons. The Morgan fingerprint density at radius 1 is 1.27 bits per heavy atom. The molecule has 1 aliphatic rings. The van der Waals surface area contributed by atoms with Gasteiger partial charge in [-0.25, -0.2) is 13.6 Å². The number of halogens is 3. The average molecular weight is 374 g/mol. The number of ether oxygens (including phenoxy) is 1. The number of amides is 1. The largest absolute Gasteiger partial charge is 0.444 e. The summed E-state index contributed by atoms with van der Waals surface area (Å²) >= 11 is 3.06. The first-order valence-electron chi connectivity index (χ1n) is 6.99. The highest BCUT2D eigenvalue weighted by atomic mass is 79.9. The fraction of sp³-hybridized carbons (Fsp3) is 0.438. The smallest absolute Gasteiger partial charge is 0.410 e. The van der Waals surface area contributed by atoms with E-state index in [1.54, 1.807) is 26.8 Å². The topological polar surface area (TPSA) is 29.5 Å². The summed E-state index contributed by atoms with van der Waals surface area (Å²) in [6.45, 7) is 6.03. The Hall–Kier alpha value is -1.43. The van der Waals surface area contributed by atoms with Gasteiger partial charge in [0.1, 0.15) is 17.2 Å². The molecule has 1 heterocycles. The number of nitrogens with zero attached hydrogens (tertiary/aromatic N) is 1. The average Bonchev–Trinajstić information content (AvgIpc) is 2.36. The normalized spacial score (nSPS) is 15.5. The van der Waals surface area contributed by atoms with Crippen LogP contribution in [-0.4, -0.2) is 29.7 Å². The molecule has 1 aliphatic heterocycles. The number of benzene rings is 1. The Labute approximate surface area is 137 Å². The van der Waals surface area contributed by atoms with E-state index in [1.807, 2.05) is 0 Å². The Balaban J connectivity index is 2.14. The lowest BCUT2D eigenvalue weighted by Crippen LogP contribution is -2.39. The van der Waals surface area contributed by atoms with Crippen LogP contribution in [0.15, 0.2) is 22.7 Å². The van der Waals surface area contributed by atoms with E-state index >= 15 is 0 Å². The van der Waals surface area contributed by atoms with Crippen molar-refractivity contribution in [2.45, 2.75) is 32.8 Å². The number of rotatable bonds is 1. The zero-order chi connectivity index (χ0) is 16.5. The molecule has 0 fully saturated rings. The van der Waals surface area contributed by atoms with Gasteiger partial charge >= 0.3 is 6.09 Å². The third-order valence-corrected chi connectivity index (χ3v) is 3.65. The van der Waals surface area contributed by atoms with E-state index in [0.29, 0.717) is 23.0 Å². The predicted molar refractivity (Wildman–Crippen MR) is 84.5 cm³/mol. The van der Waals surface area contributed by atoms with Crippen molar-refractivity contribution in [1.29, 1.82) is 0 Å². The van der Waals surface area contributed by atoms with Crippen LogP contribution in [-0.2, 0) is 4.74 Å². The minimum atomic E-state index is -0.608. The number of carbonyl (C=O) groups is 1. The molecular weight excluding hydrogens is 356 g/mol. The first-order chi connectivity index (χ1) is 10.2. The maximum absolute atomic E-state index is 14.0. The molecule has 3 nitrogen and oxygen atoms in total. The maximum Gasteiger partial charge on any atom is 0.410 e. The zero-order valence-corrected chi connectivity index (χ0v) is 14.3. The molecule has 0 unspecified atom stereocenters. The molecule has 0 N–H and O–H groups in total. The second kappa shape index (κ2) is 6.36. The lowest BCUT2D eigenvalue weighted by atomic mass is 9.98. The Morgan fingerprint density at radius 3 is 2.32 bits per heavy atom. The van der Waals surface area contributed by atoms with Crippen LogP contribution >= 0.6 is 15.9 Å². The van der Waals surface area contributed by atoms with Gasteiger partial charge in [-0.2, -0.15) is 0 Å². The molecule has 0 spiro atoms. The van der Waals surface area contributed by atoms with Gasteiger partial charge in [0, 0.05) is 23.1 Å². The van der Waals surface area contributed by atoms with Gasteiger partial charge in [0.25, 0.3) is 0 Å².